The fourth-order valence-corrected chi connectivity index (χ4v) is 3.20. The molecule has 2 saturated heterocycles. The van der Waals surface area contributed by atoms with Gasteiger partial charge >= 0.3 is 0 Å². The van der Waals surface area contributed by atoms with E-state index in [-0.39, 0.29) is 11.3 Å². The Morgan fingerprint density at radius 3 is 2.00 bits per heavy atom. The average Bonchev–Trinajstić information content (AvgIpc) is 1.81. The highest BCUT2D eigenvalue weighted by Crippen LogP contribution is 2.49. The number of fused-ring (bicyclic) bond motifs is 2. The molecule has 2 aliphatic heterocycles. The van der Waals surface area contributed by atoms with Crippen molar-refractivity contribution in [2.24, 2.45) is 11.5 Å². The summed E-state index contributed by atoms with van der Waals surface area (Å²) in [6.45, 7) is 4.35. The Kier molecular flexibility index (Phi) is 1.57. The van der Waals surface area contributed by atoms with Crippen LogP contribution in [0, 0.1) is 0 Å². The number of hydrogen-bond donors (Lipinski definition) is 2. The zero-order chi connectivity index (χ0) is 8.98. The van der Waals surface area contributed by atoms with Gasteiger partial charge in [0.05, 0.1) is 11.3 Å². The quantitative estimate of drug-likeness (QED) is 0.604. The first-order valence-corrected chi connectivity index (χ1v) is 4.85. The molecule has 0 aromatic carbocycles. The van der Waals surface area contributed by atoms with Crippen LogP contribution >= 0.6 is 0 Å². The van der Waals surface area contributed by atoms with Crippen LogP contribution in [0.1, 0.15) is 39.5 Å². The first-order valence-electron chi connectivity index (χ1n) is 4.85. The fraction of sp³-hybridized carbons (Fsp3) is 1.00. The molecular weight excluding hydrogens is 150 g/mol. The van der Waals surface area contributed by atoms with Crippen molar-refractivity contribution in [3.63, 3.8) is 0 Å². The molecule has 2 bridgehead atoms. The third-order valence-electron chi connectivity index (χ3n) is 3.31. The van der Waals surface area contributed by atoms with Crippen LogP contribution in [-0.2, 0) is 0 Å². The third kappa shape index (κ3) is 0.873. The second-order valence-corrected chi connectivity index (χ2v) is 4.70. The van der Waals surface area contributed by atoms with E-state index in [4.69, 9.17) is 11.5 Å². The predicted molar refractivity (Wildman–Crippen MR) is 49.3 cm³/mol. The van der Waals surface area contributed by atoms with E-state index in [1.807, 2.05) is 0 Å². The van der Waals surface area contributed by atoms with Gasteiger partial charge in [0.1, 0.15) is 0 Å². The summed E-state index contributed by atoms with van der Waals surface area (Å²) in [4.78, 5) is 2.30. The van der Waals surface area contributed by atoms with E-state index >= 15 is 0 Å². The Hall–Kier alpha value is -0.120. The van der Waals surface area contributed by atoms with Gasteiger partial charge in [0, 0.05) is 12.5 Å². The molecule has 0 aromatic heterocycles. The van der Waals surface area contributed by atoms with Gasteiger partial charge in [-0.2, -0.15) is 0 Å². The van der Waals surface area contributed by atoms with Gasteiger partial charge in [-0.1, -0.05) is 0 Å². The van der Waals surface area contributed by atoms with Crippen molar-refractivity contribution >= 4 is 0 Å². The third-order valence-corrected chi connectivity index (χ3v) is 3.31. The standard InChI is InChI=1S/C9H19N3/c1-7(2)12-8(10)4-3-5-9(12,11)6-8/h7H,3-6,10-11H2,1-2H3. The molecule has 2 heterocycles. The van der Waals surface area contributed by atoms with E-state index in [0.29, 0.717) is 6.04 Å². The van der Waals surface area contributed by atoms with Crippen LogP contribution in [-0.4, -0.2) is 22.3 Å². The van der Waals surface area contributed by atoms with Crippen molar-refractivity contribution in [3.05, 3.63) is 0 Å². The van der Waals surface area contributed by atoms with E-state index < -0.39 is 0 Å². The lowest BCUT2D eigenvalue weighted by atomic mass is 9.69. The normalized spacial score (nSPS) is 47.8. The molecule has 3 heteroatoms. The molecule has 1 aliphatic carbocycles. The molecule has 0 spiro atoms. The zero-order valence-corrected chi connectivity index (χ0v) is 8.01. The van der Waals surface area contributed by atoms with Crippen molar-refractivity contribution in [1.29, 1.82) is 0 Å². The maximum atomic E-state index is 6.22. The molecule has 2 atom stereocenters. The lowest BCUT2D eigenvalue weighted by molar-refractivity contribution is -0.194. The van der Waals surface area contributed by atoms with Gasteiger partial charge < -0.3 is 11.5 Å². The SMILES string of the molecule is CC(C)N1C2(N)CCCC1(N)C2. The number of piperidine rings is 1. The number of nitrogens with two attached hydrogens (primary N) is 2. The Labute approximate surface area is 74.1 Å². The van der Waals surface area contributed by atoms with Crippen molar-refractivity contribution < 1.29 is 0 Å². The van der Waals surface area contributed by atoms with Crippen LogP contribution in [0.25, 0.3) is 0 Å². The summed E-state index contributed by atoms with van der Waals surface area (Å²) in [7, 11) is 0. The zero-order valence-electron chi connectivity index (χ0n) is 8.01. The van der Waals surface area contributed by atoms with Gasteiger partial charge in [-0.15, -0.1) is 0 Å². The molecule has 0 amide bonds. The number of hydrogen-bond acceptors (Lipinski definition) is 3. The van der Waals surface area contributed by atoms with Gasteiger partial charge in [-0.3, -0.25) is 4.90 Å². The highest BCUT2D eigenvalue weighted by atomic mass is 15.5. The lowest BCUT2D eigenvalue weighted by Gasteiger charge is -2.68. The first-order chi connectivity index (χ1) is 5.48. The summed E-state index contributed by atoms with van der Waals surface area (Å²) in [5.74, 6) is 0. The van der Waals surface area contributed by atoms with E-state index in [9.17, 15) is 0 Å². The number of nitrogens with zero attached hydrogens (tertiary/aromatic N) is 1. The predicted octanol–water partition coefficient (Wildman–Crippen LogP) is 0.594. The van der Waals surface area contributed by atoms with E-state index in [2.05, 4.69) is 18.7 Å². The summed E-state index contributed by atoms with van der Waals surface area (Å²) in [6.07, 6.45) is 4.41. The van der Waals surface area contributed by atoms with Crippen molar-refractivity contribution in [3.8, 4) is 0 Å². The van der Waals surface area contributed by atoms with Crippen molar-refractivity contribution in [2.45, 2.75) is 56.9 Å². The highest BCUT2D eigenvalue weighted by Gasteiger charge is 2.60. The minimum atomic E-state index is -0.0683. The van der Waals surface area contributed by atoms with Crippen LogP contribution in [0.15, 0.2) is 0 Å². The molecule has 1 saturated carbocycles. The molecule has 3 nitrogen and oxygen atoms in total. The molecule has 3 aliphatic rings. The second kappa shape index (κ2) is 2.22. The molecule has 2 unspecified atom stereocenters. The van der Waals surface area contributed by atoms with Gasteiger partial charge in [-0.05, 0) is 33.1 Å². The largest absolute Gasteiger partial charge is 0.313 e. The Balaban J connectivity index is 2.21. The van der Waals surface area contributed by atoms with Crippen LogP contribution in [0.2, 0.25) is 0 Å². The molecule has 12 heavy (non-hydrogen) atoms. The Morgan fingerprint density at radius 2 is 1.67 bits per heavy atom. The van der Waals surface area contributed by atoms with Crippen molar-refractivity contribution in [1.82, 2.24) is 4.90 Å². The van der Waals surface area contributed by atoms with Crippen LogP contribution in [0.5, 0.6) is 0 Å². The van der Waals surface area contributed by atoms with E-state index in [1.165, 1.54) is 6.42 Å². The first kappa shape index (κ1) is 8.48. The lowest BCUT2D eigenvalue weighted by Crippen LogP contribution is -2.84. The summed E-state index contributed by atoms with van der Waals surface area (Å²) < 4.78 is 0. The van der Waals surface area contributed by atoms with Crippen LogP contribution in [0.4, 0.5) is 0 Å². The van der Waals surface area contributed by atoms with E-state index in [0.717, 1.165) is 19.3 Å². The molecular formula is C9H19N3. The minimum Gasteiger partial charge on any atom is -0.313 e. The summed E-state index contributed by atoms with van der Waals surface area (Å²) in [6, 6.07) is 0.481. The van der Waals surface area contributed by atoms with Crippen molar-refractivity contribution in [2.75, 3.05) is 0 Å². The topological polar surface area (TPSA) is 55.3 Å². The van der Waals surface area contributed by atoms with Gasteiger partial charge in [0.15, 0.2) is 0 Å². The van der Waals surface area contributed by atoms with Crippen LogP contribution in [0.3, 0.4) is 0 Å². The average molecular weight is 169 g/mol. The maximum Gasteiger partial charge on any atom is 0.0735 e. The minimum absolute atomic E-state index is 0.0683. The van der Waals surface area contributed by atoms with Gasteiger partial charge in [0.25, 0.3) is 0 Å². The van der Waals surface area contributed by atoms with E-state index in [1.54, 1.807) is 0 Å². The molecule has 3 rings (SSSR count). The Bertz CT molecular complexity index is 188. The molecule has 0 radical (unpaired) electrons. The second-order valence-electron chi connectivity index (χ2n) is 4.70. The molecule has 3 fully saturated rings. The van der Waals surface area contributed by atoms with Gasteiger partial charge in [0.2, 0.25) is 0 Å². The molecule has 70 valence electrons. The smallest absolute Gasteiger partial charge is 0.0735 e. The fourth-order valence-electron chi connectivity index (χ4n) is 3.20. The van der Waals surface area contributed by atoms with Crippen LogP contribution < -0.4 is 11.5 Å². The highest BCUT2D eigenvalue weighted by molar-refractivity contribution is 5.13. The monoisotopic (exact) mass is 169 g/mol. The summed E-state index contributed by atoms with van der Waals surface area (Å²) in [5.41, 5.74) is 12.3. The summed E-state index contributed by atoms with van der Waals surface area (Å²) >= 11 is 0. The summed E-state index contributed by atoms with van der Waals surface area (Å²) in [5, 5.41) is 0. The number of rotatable bonds is 1. The van der Waals surface area contributed by atoms with Gasteiger partial charge in [-0.25, -0.2) is 0 Å². The molecule has 4 N–H and O–H groups in total. The maximum absolute atomic E-state index is 6.22. The molecule has 0 aromatic rings. The Morgan fingerprint density at radius 1 is 1.17 bits per heavy atom.